The maximum atomic E-state index is 13.3. The predicted octanol–water partition coefficient (Wildman–Crippen LogP) is 2.75. The lowest BCUT2D eigenvalue weighted by Gasteiger charge is -2.13. The minimum Gasteiger partial charge on any atom is -0.481 e. The summed E-state index contributed by atoms with van der Waals surface area (Å²) in [7, 11) is 0. The van der Waals surface area contributed by atoms with E-state index in [1.807, 2.05) is 0 Å². The standard InChI is InChI=1S/C17H12FN3O4S3/c18-10-3-1-2-9(4-10)5-12-15(25)21(17(26)28-12)7-13(22)20-16-19-11(8-27-16)6-14(23)24/h1-5,8H,6-7H2,(H,23,24)(H,19,20,22)/b12-5-. The van der Waals surface area contributed by atoms with Gasteiger partial charge in [0.2, 0.25) is 5.91 Å². The van der Waals surface area contributed by atoms with Crippen molar-refractivity contribution in [2.24, 2.45) is 0 Å². The van der Waals surface area contributed by atoms with Gasteiger partial charge in [-0.3, -0.25) is 19.3 Å². The van der Waals surface area contributed by atoms with Crippen LogP contribution in [0.25, 0.3) is 6.08 Å². The first-order valence-electron chi connectivity index (χ1n) is 7.79. The minimum atomic E-state index is -1.02. The summed E-state index contributed by atoms with van der Waals surface area (Å²) in [4.78, 5) is 40.8. The topological polar surface area (TPSA) is 99.6 Å². The summed E-state index contributed by atoms with van der Waals surface area (Å²) < 4.78 is 13.5. The maximum absolute atomic E-state index is 13.3. The molecule has 1 aromatic heterocycles. The Hall–Kier alpha value is -2.63. The number of rotatable bonds is 6. The molecule has 2 aromatic rings. The Kier molecular flexibility index (Phi) is 6.17. The summed E-state index contributed by atoms with van der Waals surface area (Å²) >= 11 is 7.28. The number of carboxylic acid groups (broad SMARTS) is 1. The number of thiocarbonyl (C=S) groups is 1. The number of carbonyl (C=O) groups excluding carboxylic acids is 2. The highest BCUT2D eigenvalue weighted by Gasteiger charge is 2.33. The van der Waals surface area contributed by atoms with Crippen LogP contribution >= 0.6 is 35.3 Å². The Balaban J connectivity index is 1.64. The Morgan fingerprint density at radius 3 is 2.89 bits per heavy atom. The SMILES string of the molecule is O=C(O)Cc1csc(NC(=O)CN2C(=O)/C(=C/c3cccc(F)c3)SC2=S)n1. The van der Waals surface area contributed by atoms with Crippen molar-refractivity contribution >= 4 is 68.6 Å². The zero-order valence-corrected chi connectivity index (χ0v) is 16.5. The van der Waals surface area contributed by atoms with Gasteiger partial charge in [-0.15, -0.1) is 11.3 Å². The molecule has 1 aliphatic heterocycles. The smallest absolute Gasteiger partial charge is 0.309 e. The van der Waals surface area contributed by atoms with Gasteiger partial charge in [0.25, 0.3) is 5.91 Å². The average Bonchev–Trinajstić information content (AvgIpc) is 3.14. The number of hydrogen-bond donors (Lipinski definition) is 2. The Bertz CT molecular complexity index is 1010. The first-order valence-corrected chi connectivity index (χ1v) is 9.89. The fraction of sp³-hybridized carbons (Fsp3) is 0.118. The lowest BCUT2D eigenvalue weighted by atomic mass is 10.2. The van der Waals surface area contributed by atoms with E-state index in [4.69, 9.17) is 17.3 Å². The van der Waals surface area contributed by atoms with Gasteiger partial charge in [0.15, 0.2) is 5.13 Å². The number of nitrogens with one attached hydrogen (secondary N) is 1. The van der Waals surface area contributed by atoms with E-state index in [1.54, 1.807) is 6.07 Å². The summed E-state index contributed by atoms with van der Waals surface area (Å²) in [5.41, 5.74) is 0.843. The van der Waals surface area contributed by atoms with Gasteiger partial charge in [-0.2, -0.15) is 0 Å². The number of thioether (sulfide) groups is 1. The minimum absolute atomic E-state index is 0.216. The molecular formula is C17H12FN3O4S3. The monoisotopic (exact) mass is 437 g/mol. The third-order valence-electron chi connectivity index (χ3n) is 3.45. The average molecular weight is 437 g/mol. The molecule has 1 aliphatic rings. The lowest BCUT2D eigenvalue weighted by molar-refractivity contribution is -0.136. The van der Waals surface area contributed by atoms with E-state index >= 15 is 0 Å². The van der Waals surface area contributed by atoms with E-state index < -0.39 is 23.6 Å². The van der Waals surface area contributed by atoms with Crippen molar-refractivity contribution in [3.63, 3.8) is 0 Å². The lowest BCUT2D eigenvalue weighted by Crippen LogP contribution is -2.36. The van der Waals surface area contributed by atoms with E-state index in [2.05, 4.69) is 10.3 Å². The van der Waals surface area contributed by atoms with Gasteiger partial charge in [-0.1, -0.05) is 36.1 Å². The molecule has 144 valence electrons. The van der Waals surface area contributed by atoms with E-state index in [0.717, 1.165) is 28.0 Å². The van der Waals surface area contributed by atoms with Gasteiger partial charge < -0.3 is 10.4 Å². The molecule has 0 spiro atoms. The van der Waals surface area contributed by atoms with Gasteiger partial charge in [-0.25, -0.2) is 9.37 Å². The van der Waals surface area contributed by atoms with Gasteiger partial charge >= 0.3 is 5.97 Å². The van der Waals surface area contributed by atoms with Crippen molar-refractivity contribution in [1.29, 1.82) is 0 Å². The summed E-state index contributed by atoms with van der Waals surface area (Å²) in [5.74, 6) is -2.40. The van der Waals surface area contributed by atoms with Crippen LogP contribution in [-0.2, 0) is 20.8 Å². The van der Waals surface area contributed by atoms with Crippen LogP contribution in [0.5, 0.6) is 0 Å². The molecule has 0 saturated carbocycles. The Morgan fingerprint density at radius 1 is 1.39 bits per heavy atom. The number of nitrogens with zero attached hydrogens (tertiary/aromatic N) is 2. The number of aliphatic carboxylic acids is 1. The molecular weight excluding hydrogens is 425 g/mol. The zero-order valence-electron chi connectivity index (χ0n) is 14.0. The number of carbonyl (C=O) groups is 3. The van der Waals surface area contributed by atoms with Crippen LogP contribution in [0.1, 0.15) is 11.3 Å². The van der Waals surface area contributed by atoms with Gasteiger partial charge in [0.05, 0.1) is 17.0 Å². The molecule has 0 radical (unpaired) electrons. The molecule has 0 aliphatic carbocycles. The molecule has 1 saturated heterocycles. The molecule has 0 bridgehead atoms. The predicted molar refractivity (Wildman–Crippen MR) is 108 cm³/mol. The van der Waals surface area contributed by atoms with Crippen molar-refractivity contribution < 1.29 is 23.9 Å². The van der Waals surface area contributed by atoms with Crippen LogP contribution in [0.4, 0.5) is 9.52 Å². The summed E-state index contributed by atoms with van der Waals surface area (Å²) in [6.45, 7) is -0.307. The van der Waals surface area contributed by atoms with Crippen molar-refractivity contribution in [3.8, 4) is 0 Å². The third kappa shape index (κ3) is 5.00. The molecule has 1 fully saturated rings. The maximum Gasteiger partial charge on any atom is 0.309 e. The number of halogens is 1. The Morgan fingerprint density at radius 2 is 2.18 bits per heavy atom. The number of carboxylic acids is 1. The third-order valence-corrected chi connectivity index (χ3v) is 5.64. The van der Waals surface area contributed by atoms with E-state index in [1.165, 1.54) is 29.7 Å². The van der Waals surface area contributed by atoms with Gasteiger partial charge in [0, 0.05) is 5.38 Å². The number of hydrogen-bond acceptors (Lipinski definition) is 7. The number of aromatic nitrogens is 1. The van der Waals surface area contributed by atoms with Crippen LogP contribution in [0, 0.1) is 5.82 Å². The van der Waals surface area contributed by atoms with Crippen molar-refractivity contribution in [2.45, 2.75) is 6.42 Å². The number of amides is 2. The molecule has 0 atom stereocenters. The van der Waals surface area contributed by atoms with E-state index in [-0.39, 0.29) is 22.4 Å². The number of thiazole rings is 1. The Labute approximate surface area is 172 Å². The second-order valence-corrected chi connectivity index (χ2v) is 8.12. The van der Waals surface area contributed by atoms with Crippen LogP contribution in [0.2, 0.25) is 0 Å². The second kappa shape index (κ2) is 8.59. The van der Waals surface area contributed by atoms with Crippen LogP contribution < -0.4 is 5.32 Å². The van der Waals surface area contributed by atoms with Crippen molar-refractivity contribution in [1.82, 2.24) is 9.88 Å². The normalized spacial score (nSPS) is 15.3. The molecule has 11 heteroatoms. The van der Waals surface area contributed by atoms with E-state index in [9.17, 15) is 18.8 Å². The molecule has 2 N–H and O–H groups in total. The molecule has 2 amide bonds. The van der Waals surface area contributed by atoms with Gasteiger partial charge in [-0.05, 0) is 23.8 Å². The largest absolute Gasteiger partial charge is 0.481 e. The fourth-order valence-electron chi connectivity index (χ4n) is 2.29. The molecule has 2 heterocycles. The van der Waals surface area contributed by atoms with Crippen molar-refractivity contribution in [2.75, 3.05) is 11.9 Å². The first kappa shape index (κ1) is 20.1. The van der Waals surface area contributed by atoms with Crippen LogP contribution in [0.3, 0.4) is 0 Å². The second-order valence-electron chi connectivity index (χ2n) is 5.59. The fourth-order valence-corrected chi connectivity index (χ4v) is 4.27. The quantitative estimate of drug-likeness (QED) is 0.529. The highest BCUT2D eigenvalue weighted by molar-refractivity contribution is 8.26. The van der Waals surface area contributed by atoms with Gasteiger partial charge in [0.1, 0.15) is 16.7 Å². The summed E-state index contributed by atoms with van der Waals surface area (Å²) in [6.07, 6.45) is 1.27. The highest BCUT2D eigenvalue weighted by Crippen LogP contribution is 2.32. The summed E-state index contributed by atoms with van der Waals surface area (Å²) in [5, 5.41) is 13.0. The number of anilines is 1. The zero-order chi connectivity index (χ0) is 20.3. The first-order chi connectivity index (χ1) is 13.3. The van der Waals surface area contributed by atoms with Crippen LogP contribution in [0.15, 0.2) is 34.6 Å². The number of benzene rings is 1. The summed E-state index contributed by atoms with van der Waals surface area (Å²) in [6, 6.07) is 5.77. The molecule has 3 rings (SSSR count). The highest BCUT2D eigenvalue weighted by atomic mass is 32.2. The molecule has 7 nitrogen and oxygen atoms in total. The molecule has 0 unspecified atom stereocenters. The molecule has 1 aromatic carbocycles. The molecule has 28 heavy (non-hydrogen) atoms. The van der Waals surface area contributed by atoms with Crippen LogP contribution in [-0.4, -0.2) is 43.6 Å². The van der Waals surface area contributed by atoms with Crippen molar-refractivity contribution in [3.05, 3.63) is 51.6 Å². The van der Waals surface area contributed by atoms with E-state index in [0.29, 0.717) is 16.2 Å².